The van der Waals surface area contributed by atoms with E-state index >= 15 is 0 Å². The van der Waals surface area contributed by atoms with Crippen LogP contribution in [0.2, 0.25) is 0 Å². The predicted molar refractivity (Wildman–Crippen MR) is 78.6 cm³/mol. The molecular formula is C16H18N2O. The minimum absolute atomic E-state index is 0.553. The Morgan fingerprint density at radius 2 is 1.84 bits per heavy atom. The van der Waals surface area contributed by atoms with E-state index in [1.165, 1.54) is 5.56 Å². The number of nitrogens with zero attached hydrogens (tertiary/aromatic N) is 2. The van der Waals surface area contributed by atoms with Crippen LogP contribution < -0.4 is 4.74 Å². The second-order valence-corrected chi connectivity index (χ2v) is 4.64. The SMILES string of the molecule is COc1ccc(N=Cc2ccc(C(C)C)cc2)cn1. The summed E-state index contributed by atoms with van der Waals surface area (Å²) >= 11 is 0. The molecule has 19 heavy (non-hydrogen) atoms. The van der Waals surface area contributed by atoms with Gasteiger partial charge in [0, 0.05) is 12.3 Å². The van der Waals surface area contributed by atoms with Gasteiger partial charge < -0.3 is 4.74 Å². The Bertz CT molecular complexity index is 542. The highest BCUT2D eigenvalue weighted by Gasteiger charge is 1.97. The van der Waals surface area contributed by atoms with Crippen LogP contribution in [0.1, 0.15) is 30.9 Å². The molecule has 0 saturated carbocycles. The minimum atomic E-state index is 0.553. The molecule has 0 atom stereocenters. The summed E-state index contributed by atoms with van der Waals surface area (Å²) in [6.45, 7) is 4.37. The summed E-state index contributed by atoms with van der Waals surface area (Å²) in [5.74, 6) is 1.15. The van der Waals surface area contributed by atoms with E-state index in [2.05, 4.69) is 48.1 Å². The van der Waals surface area contributed by atoms with E-state index in [-0.39, 0.29) is 0 Å². The molecule has 0 fully saturated rings. The Labute approximate surface area is 114 Å². The third-order valence-electron chi connectivity index (χ3n) is 2.90. The maximum absolute atomic E-state index is 5.00. The Morgan fingerprint density at radius 3 is 2.37 bits per heavy atom. The molecule has 2 rings (SSSR count). The molecule has 0 aliphatic rings. The van der Waals surface area contributed by atoms with Crippen molar-refractivity contribution in [3.8, 4) is 5.88 Å². The Hall–Kier alpha value is -2.16. The van der Waals surface area contributed by atoms with Crippen LogP contribution in [0.15, 0.2) is 47.6 Å². The number of methoxy groups -OCH3 is 1. The number of pyridine rings is 1. The third kappa shape index (κ3) is 3.65. The normalized spacial score (nSPS) is 11.2. The van der Waals surface area contributed by atoms with E-state index in [1.807, 2.05) is 12.3 Å². The van der Waals surface area contributed by atoms with Gasteiger partial charge in [0.2, 0.25) is 5.88 Å². The number of hydrogen-bond acceptors (Lipinski definition) is 3. The van der Waals surface area contributed by atoms with Crippen LogP contribution >= 0.6 is 0 Å². The van der Waals surface area contributed by atoms with Crippen LogP contribution in [0, 0.1) is 0 Å². The van der Waals surface area contributed by atoms with E-state index in [1.54, 1.807) is 19.4 Å². The van der Waals surface area contributed by atoms with Crippen LogP contribution in [0.5, 0.6) is 5.88 Å². The first kappa shape index (κ1) is 13.3. The van der Waals surface area contributed by atoms with Crippen molar-refractivity contribution in [1.29, 1.82) is 0 Å². The van der Waals surface area contributed by atoms with Gasteiger partial charge in [-0.05, 0) is 23.1 Å². The van der Waals surface area contributed by atoms with Gasteiger partial charge in [0.15, 0.2) is 0 Å². The molecule has 0 aliphatic carbocycles. The summed E-state index contributed by atoms with van der Waals surface area (Å²) in [7, 11) is 1.60. The van der Waals surface area contributed by atoms with Crippen LogP contribution in [-0.2, 0) is 0 Å². The quantitative estimate of drug-likeness (QED) is 0.774. The molecule has 0 radical (unpaired) electrons. The second-order valence-electron chi connectivity index (χ2n) is 4.64. The number of aliphatic imine (C=N–C) groups is 1. The maximum atomic E-state index is 5.00. The van der Waals surface area contributed by atoms with Crippen molar-refractivity contribution in [3.63, 3.8) is 0 Å². The van der Waals surface area contributed by atoms with Gasteiger partial charge in [-0.25, -0.2) is 4.98 Å². The summed E-state index contributed by atoms with van der Waals surface area (Å²) in [6.07, 6.45) is 3.53. The molecule has 98 valence electrons. The number of ether oxygens (including phenoxy) is 1. The molecule has 0 aliphatic heterocycles. The number of aromatic nitrogens is 1. The Kier molecular flexibility index (Phi) is 4.29. The molecule has 1 aromatic carbocycles. The summed E-state index contributed by atoms with van der Waals surface area (Å²) in [5.41, 5.74) is 3.23. The monoisotopic (exact) mass is 254 g/mol. The van der Waals surface area contributed by atoms with Crippen molar-refractivity contribution >= 4 is 11.9 Å². The summed E-state index contributed by atoms with van der Waals surface area (Å²) < 4.78 is 5.00. The van der Waals surface area contributed by atoms with Crippen LogP contribution in [0.4, 0.5) is 5.69 Å². The zero-order valence-electron chi connectivity index (χ0n) is 11.5. The van der Waals surface area contributed by atoms with E-state index in [0.717, 1.165) is 11.3 Å². The summed E-state index contributed by atoms with van der Waals surface area (Å²) in [5, 5.41) is 0. The first-order valence-corrected chi connectivity index (χ1v) is 6.33. The molecule has 0 saturated heterocycles. The van der Waals surface area contributed by atoms with E-state index in [4.69, 9.17) is 4.74 Å². The number of rotatable bonds is 4. The highest BCUT2D eigenvalue weighted by molar-refractivity contribution is 5.81. The Balaban J connectivity index is 2.08. The van der Waals surface area contributed by atoms with Gasteiger partial charge in [0.25, 0.3) is 0 Å². The second kappa shape index (κ2) is 6.14. The largest absolute Gasteiger partial charge is 0.481 e. The first-order valence-electron chi connectivity index (χ1n) is 6.33. The van der Waals surface area contributed by atoms with Gasteiger partial charge in [-0.1, -0.05) is 38.1 Å². The molecule has 0 bridgehead atoms. The summed E-state index contributed by atoms with van der Waals surface area (Å²) in [4.78, 5) is 8.49. The lowest BCUT2D eigenvalue weighted by atomic mass is 10.0. The van der Waals surface area contributed by atoms with Gasteiger partial charge >= 0.3 is 0 Å². The molecule has 2 aromatic rings. The minimum Gasteiger partial charge on any atom is -0.481 e. The van der Waals surface area contributed by atoms with Crippen LogP contribution in [-0.4, -0.2) is 18.3 Å². The zero-order valence-corrected chi connectivity index (χ0v) is 11.5. The van der Waals surface area contributed by atoms with Crippen molar-refractivity contribution in [2.75, 3.05) is 7.11 Å². The molecule has 0 amide bonds. The standard InChI is InChI=1S/C16H18N2O/c1-12(2)14-6-4-13(5-7-14)10-17-15-8-9-16(19-3)18-11-15/h4-12H,1-3H3. The smallest absolute Gasteiger partial charge is 0.213 e. The van der Waals surface area contributed by atoms with Crippen molar-refractivity contribution in [3.05, 3.63) is 53.7 Å². The van der Waals surface area contributed by atoms with Crippen LogP contribution in [0.25, 0.3) is 0 Å². The van der Waals surface area contributed by atoms with Gasteiger partial charge in [-0.15, -0.1) is 0 Å². The van der Waals surface area contributed by atoms with Gasteiger partial charge in [-0.2, -0.15) is 0 Å². The molecular weight excluding hydrogens is 236 g/mol. The molecule has 0 unspecified atom stereocenters. The number of hydrogen-bond donors (Lipinski definition) is 0. The third-order valence-corrected chi connectivity index (χ3v) is 2.90. The van der Waals surface area contributed by atoms with Crippen molar-refractivity contribution in [2.45, 2.75) is 19.8 Å². The fourth-order valence-electron chi connectivity index (χ4n) is 1.69. The molecule has 3 heteroatoms. The Morgan fingerprint density at radius 1 is 1.11 bits per heavy atom. The topological polar surface area (TPSA) is 34.5 Å². The predicted octanol–water partition coefficient (Wildman–Crippen LogP) is 3.96. The van der Waals surface area contributed by atoms with Gasteiger partial charge in [0.05, 0.1) is 19.0 Å². The molecule has 3 nitrogen and oxygen atoms in total. The van der Waals surface area contributed by atoms with Gasteiger partial charge in [-0.3, -0.25) is 4.99 Å². The molecule has 1 aromatic heterocycles. The number of benzene rings is 1. The van der Waals surface area contributed by atoms with Crippen molar-refractivity contribution in [2.24, 2.45) is 4.99 Å². The first-order chi connectivity index (χ1) is 9.19. The average molecular weight is 254 g/mol. The van der Waals surface area contributed by atoms with E-state index in [9.17, 15) is 0 Å². The van der Waals surface area contributed by atoms with Crippen molar-refractivity contribution < 1.29 is 4.74 Å². The fourth-order valence-corrected chi connectivity index (χ4v) is 1.69. The highest BCUT2D eigenvalue weighted by Crippen LogP contribution is 2.16. The van der Waals surface area contributed by atoms with Crippen molar-refractivity contribution in [1.82, 2.24) is 4.98 Å². The molecule has 1 heterocycles. The van der Waals surface area contributed by atoms with Gasteiger partial charge in [0.1, 0.15) is 0 Å². The fraction of sp³-hybridized carbons (Fsp3) is 0.250. The van der Waals surface area contributed by atoms with E-state index in [0.29, 0.717) is 11.8 Å². The molecule has 0 N–H and O–H groups in total. The summed E-state index contributed by atoms with van der Waals surface area (Å²) in [6, 6.07) is 12.1. The highest BCUT2D eigenvalue weighted by atomic mass is 16.5. The average Bonchev–Trinajstić information content (AvgIpc) is 2.46. The molecule has 0 spiro atoms. The lowest BCUT2D eigenvalue weighted by Gasteiger charge is -2.04. The van der Waals surface area contributed by atoms with E-state index < -0.39 is 0 Å². The lowest BCUT2D eigenvalue weighted by molar-refractivity contribution is 0.398. The zero-order chi connectivity index (χ0) is 13.7. The lowest BCUT2D eigenvalue weighted by Crippen LogP contribution is -1.88. The maximum Gasteiger partial charge on any atom is 0.213 e. The van der Waals surface area contributed by atoms with Crippen LogP contribution in [0.3, 0.4) is 0 Å².